The molecule has 1 aromatic carbocycles. The Hall–Kier alpha value is -2.25. The standard InChI is InChI=1S/C17H15BrClN3O3/c1-22-12(6-7-21-22)9-20-17(23)16-5-3-13(25-16)10-24-15-4-2-11(18)8-14(15)19/h2-8H,9-10H2,1H3,(H,20,23). The van der Waals surface area contributed by atoms with Crippen molar-refractivity contribution >= 4 is 33.4 Å². The van der Waals surface area contributed by atoms with Crippen LogP contribution >= 0.6 is 27.5 Å². The molecule has 0 saturated carbocycles. The van der Waals surface area contributed by atoms with Gasteiger partial charge in [0.15, 0.2) is 5.76 Å². The number of aryl methyl sites for hydroxylation is 1. The Balaban J connectivity index is 1.56. The Morgan fingerprint density at radius 1 is 1.36 bits per heavy atom. The molecular formula is C17H15BrClN3O3. The molecule has 1 N–H and O–H groups in total. The van der Waals surface area contributed by atoms with Crippen molar-refractivity contribution in [2.75, 3.05) is 0 Å². The average molecular weight is 425 g/mol. The number of nitrogens with zero attached hydrogens (tertiary/aromatic N) is 2. The quantitative estimate of drug-likeness (QED) is 0.651. The zero-order chi connectivity index (χ0) is 17.8. The second-order valence-corrected chi connectivity index (χ2v) is 6.58. The van der Waals surface area contributed by atoms with Gasteiger partial charge in [-0.1, -0.05) is 27.5 Å². The molecular weight excluding hydrogens is 410 g/mol. The molecule has 0 radical (unpaired) electrons. The van der Waals surface area contributed by atoms with Crippen LogP contribution in [-0.4, -0.2) is 15.7 Å². The molecule has 8 heteroatoms. The predicted octanol–water partition coefficient (Wildman–Crippen LogP) is 3.94. The van der Waals surface area contributed by atoms with E-state index in [2.05, 4.69) is 26.3 Å². The largest absolute Gasteiger partial charge is 0.484 e. The number of carbonyl (C=O) groups excluding carboxylic acids is 1. The molecule has 0 bridgehead atoms. The van der Waals surface area contributed by atoms with Gasteiger partial charge in [-0.3, -0.25) is 9.48 Å². The maximum Gasteiger partial charge on any atom is 0.287 e. The van der Waals surface area contributed by atoms with Crippen LogP contribution in [0.3, 0.4) is 0 Å². The Labute approximate surface area is 157 Å². The van der Waals surface area contributed by atoms with Gasteiger partial charge in [0.1, 0.15) is 18.1 Å². The first-order chi connectivity index (χ1) is 12.0. The predicted molar refractivity (Wildman–Crippen MR) is 96.6 cm³/mol. The number of carbonyl (C=O) groups is 1. The normalized spacial score (nSPS) is 10.7. The summed E-state index contributed by atoms with van der Waals surface area (Å²) in [7, 11) is 1.82. The van der Waals surface area contributed by atoms with Crippen LogP contribution in [0.5, 0.6) is 5.75 Å². The van der Waals surface area contributed by atoms with Crippen molar-refractivity contribution in [1.29, 1.82) is 0 Å². The molecule has 130 valence electrons. The molecule has 0 saturated heterocycles. The Bertz CT molecular complexity index is 891. The molecule has 0 aliphatic rings. The maximum absolute atomic E-state index is 12.1. The number of amides is 1. The molecule has 0 atom stereocenters. The van der Waals surface area contributed by atoms with E-state index in [1.54, 1.807) is 35.1 Å². The van der Waals surface area contributed by atoms with Gasteiger partial charge in [0.25, 0.3) is 5.91 Å². The monoisotopic (exact) mass is 423 g/mol. The van der Waals surface area contributed by atoms with Crippen LogP contribution in [0.15, 0.2) is 51.5 Å². The van der Waals surface area contributed by atoms with E-state index in [0.29, 0.717) is 23.1 Å². The van der Waals surface area contributed by atoms with E-state index >= 15 is 0 Å². The number of furan rings is 1. The first kappa shape index (κ1) is 17.6. The van der Waals surface area contributed by atoms with Gasteiger partial charge in [-0.15, -0.1) is 0 Å². The maximum atomic E-state index is 12.1. The van der Waals surface area contributed by atoms with Gasteiger partial charge < -0.3 is 14.5 Å². The van der Waals surface area contributed by atoms with E-state index in [1.165, 1.54) is 0 Å². The summed E-state index contributed by atoms with van der Waals surface area (Å²) in [5.74, 6) is 1.00. The first-order valence-corrected chi connectivity index (χ1v) is 8.61. The Morgan fingerprint density at radius 3 is 2.92 bits per heavy atom. The second-order valence-electron chi connectivity index (χ2n) is 5.26. The topological polar surface area (TPSA) is 69.3 Å². The summed E-state index contributed by atoms with van der Waals surface area (Å²) in [6.07, 6.45) is 1.68. The van der Waals surface area contributed by atoms with Crippen molar-refractivity contribution in [3.05, 3.63) is 69.3 Å². The van der Waals surface area contributed by atoms with Crippen LogP contribution in [-0.2, 0) is 20.2 Å². The lowest BCUT2D eigenvalue weighted by Crippen LogP contribution is -2.23. The van der Waals surface area contributed by atoms with Crippen molar-refractivity contribution < 1.29 is 13.9 Å². The van der Waals surface area contributed by atoms with Crippen LogP contribution in [0.2, 0.25) is 5.02 Å². The molecule has 2 aromatic heterocycles. The van der Waals surface area contributed by atoms with E-state index in [0.717, 1.165) is 10.2 Å². The molecule has 0 fully saturated rings. The van der Waals surface area contributed by atoms with Gasteiger partial charge >= 0.3 is 0 Å². The minimum atomic E-state index is -0.297. The molecule has 25 heavy (non-hydrogen) atoms. The van der Waals surface area contributed by atoms with Crippen LogP contribution in [0.25, 0.3) is 0 Å². The summed E-state index contributed by atoms with van der Waals surface area (Å²) in [4.78, 5) is 12.1. The highest BCUT2D eigenvalue weighted by atomic mass is 79.9. The minimum absolute atomic E-state index is 0.177. The number of rotatable bonds is 6. The van der Waals surface area contributed by atoms with E-state index in [9.17, 15) is 4.79 Å². The summed E-state index contributed by atoms with van der Waals surface area (Å²) in [5, 5.41) is 7.33. The number of hydrogen-bond acceptors (Lipinski definition) is 4. The van der Waals surface area contributed by atoms with Crippen molar-refractivity contribution in [2.45, 2.75) is 13.2 Å². The lowest BCUT2D eigenvalue weighted by atomic mass is 10.3. The van der Waals surface area contributed by atoms with Crippen molar-refractivity contribution in [3.63, 3.8) is 0 Å². The van der Waals surface area contributed by atoms with Gasteiger partial charge in [-0.2, -0.15) is 5.10 Å². The zero-order valence-corrected chi connectivity index (χ0v) is 15.7. The van der Waals surface area contributed by atoms with Gasteiger partial charge in [-0.25, -0.2) is 0 Å². The zero-order valence-electron chi connectivity index (χ0n) is 13.3. The summed E-state index contributed by atoms with van der Waals surface area (Å²) < 4.78 is 13.7. The summed E-state index contributed by atoms with van der Waals surface area (Å²) in [5.41, 5.74) is 0.897. The molecule has 2 heterocycles. The molecule has 0 spiro atoms. The molecule has 0 aliphatic heterocycles. The third kappa shape index (κ3) is 4.43. The van der Waals surface area contributed by atoms with Gasteiger partial charge in [0.2, 0.25) is 0 Å². The number of aromatic nitrogens is 2. The fraction of sp³-hybridized carbons (Fsp3) is 0.176. The van der Waals surface area contributed by atoms with Gasteiger partial charge in [0, 0.05) is 17.7 Å². The number of nitrogens with one attached hydrogen (secondary N) is 1. The average Bonchev–Trinajstić information content (AvgIpc) is 3.21. The van der Waals surface area contributed by atoms with Crippen LogP contribution in [0.1, 0.15) is 22.0 Å². The van der Waals surface area contributed by atoms with Crippen molar-refractivity contribution in [1.82, 2.24) is 15.1 Å². The van der Waals surface area contributed by atoms with E-state index < -0.39 is 0 Å². The highest BCUT2D eigenvalue weighted by Crippen LogP contribution is 2.28. The fourth-order valence-electron chi connectivity index (χ4n) is 2.15. The molecule has 6 nitrogen and oxygen atoms in total. The van der Waals surface area contributed by atoms with E-state index in [1.807, 2.05) is 19.2 Å². The second kappa shape index (κ2) is 7.76. The van der Waals surface area contributed by atoms with E-state index in [-0.39, 0.29) is 18.3 Å². The number of halogens is 2. The fourth-order valence-corrected chi connectivity index (χ4v) is 2.88. The summed E-state index contributed by atoms with van der Waals surface area (Å²) >= 11 is 9.43. The lowest BCUT2D eigenvalue weighted by molar-refractivity contribution is 0.0918. The van der Waals surface area contributed by atoms with Crippen LogP contribution < -0.4 is 10.1 Å². The van der Waals surface area contributed by atoms with Gasteiger partial charge in [0.05, 0.1) is 17.3 Å². The molecule has 0 aliphatic carbocycles. The molecule has 0 unspecified atom stereocenters. The van der Waals surface area contributed by atoms with Crippen LogP contribution in [0.4, 0.5) is 0 Å². The van der Waals surface area contributed by atoms with Crippen molar-refractivity contribution in [3.8, 4) is 5.75 Å². The SMILES string of the molecule is Cn1nccc1CNC(=O)c1ccc(COc2ccc(Br)cc2Cl)o1. The highest BCUT2D eigenvalue weighted by Gasteiger charge is 2.12. The first-order valence-electron chi connectivity index (χ1n) is 7.44. The van der Waals surface area contributed by atoms with E-state index in [4.69, 9.17) is 20.8 Å². The van der Waals surface area contributed by atoms with Crippen molar-refractivity contribution in [2.24, 2.45) is 7.05 Å². The Morgan fingerprint density at radius 2 is 2.20 bits per heavy atom. The molecule has 3 aromatic rings. The summed E-state index contributed by atoms with van der Waals surface area (Å²) in [6, 6.07) is 10.5. The number of benzene rings is 1. The summed E-state index contributed by atoms with van der Waals surface area (Å²) in [6.45, 7) is 0.548. The minimum Gasteiger partial charge on any atom is -0.484 e. The Kier molecular flexibility index (Phi) is 5.45. The third-order valence-electron chi connectivity index (χ3n) is 3.50. The molecule has 3 rings (SSSR count). The molecule has 1 amide bonds. The lowest BCUT2D eigenvalue weighted by Gasteiger charge is -2.06. The highest BCUT2D eigenvalue weighted by molar-refractivity contribution is 9.10. The number of hydrogen-bond donors (Lipinski definition) is 1. The van der Waals surface area contributed by atoms with Gasteiger partial charge in [-0.05, 0) is 36.4 Å². The van der Waals surface area contributed by atoms with Crippen LogP contribution in [0, 0.1) is 0 Å². The number of ether oxygens (including phenoxy) is 1. The smallest absolute Gasteiger partial charge is 0.287 e. The third-order valence-corrected chi connectivity index (χ3v) is 4.29.